The Labute approximate surface area is 74.1 Å². The summed E-state index contributed by atoms with van der Waals surface area (Å²) in [6, 6.07) is 0.675. The molecule has 0 aliphatic heterocycles. The third-order valence-electron chi connectivity index (χ3n) is 2.28. The van der Waals surface area contributed by atoms with Crippen molar-refractivity contribution in [2.45, 2.75) is 31.9 Å². The molecule has 0 saturated heterocycles. The lowest BCUT2D eigenvalue weighted by Gasteiger charge is -2.18. The molecule has 0 radical (unpaired) electrons. The Morgan fingerprint density at radius 2 is 2.25 bits per heavy atom. The first-order valence-corrected chi connectivity index (χ1v) is 4.64. The molecule has 72 valence electrons. The Balaban J connectivity index is 2.03. The van der Waals surface area contributed by atoms with Crippen LogP contribution in [0.25, 0.3) is 0 Å². The molecular formula is C9H19NO2. The normalized spacial score (nSPS) is 22.2. The molecule has 0 spiro atoms. The predicted octanol–water partition coefficient (Wildman–Crippen LogP) is 0.382. The van der Waals surface area contributed by atoms with Crippen molar-refractivity contribution in [1.82, 2.24) is 5.32 Å². The molecule has 0 heterocycles. The molecule has 0 aromatic heterocycles. The summed E-state index contributed by atoms with van der Waals surface area (Å²) < 4.78 is 4.96. The summed E-state index contributed by atoms with van der Waals surface area (Å²) in [4.78, 5) is 0. The lowest BCUT2D eigenvalue weighted by atomic mass is 10.1. The Morgan fingerprint density at radius 3 is 2.75 bits per heavy atom. The van der Waals surface area contributed by atoms with Gasteiger partial charge in [0, 0.05) is 25.6 Å². The number of hydrogen-bond acceptors (Lipinski definition) is 3. The van der Waals surface area contributed by atoms with Gasteiger partial charge in [-0.2, -0.15) is 0 Å². The lowest BCUT2D eigenvalue weighted by molar-refractivity contribution is 0.0569. The molecule has 0 amide bonds. The molecule has 2 atom stereocenters. The van der Waals surface area contributed by atoms with Crippen molar-refractivity contribution in [1.29, 1.82) is 0 Å². The molecule has 3 nitrogen and oxygen atoms in total. The van der Waals surface area contributed by atoms with Crippen LogP contribution in [0.15, 0.2) is 0 Å². The Morgan fingerprint density at radius 1 is 1.58 bits per heavy atom. The summed E-state index contributed by atoms with van der Waals surface area (Å²) in [6.07, 6.45) is 2.27. The summed E-state index contributed by atoms with van der Waals surface area (Å²) >= 11 is 0. The van der Waals surface area contributed by atoms with Crippen LogP contribution in [0, 0.1) is 5.92 Å². The summed E-state index contributed by atoms with van der Waals surface area (Å²) in [5, 5.41) is 12.9. The molecule has 1 rings (SSSR count). The zero-order valence-corrected chi connectivity index (χ0v) is 7.92. The highest BCUT2D eigenvalue weighted by molar-refractivity contribution is 4.82. The van der Waals surface area contributed by atoms with Crippen molar-refractivity contribution in [3.63, 3.8) is 0 Å². The molecule has 2 N–H and O–H groups in total. The Bertz CT molecular complexity index is 126. The fourth-order valence-electron chi connectivity index (χ4n) is 1.15. The number of methoxy groups -OCH3 is 1. The first-order valence-electron chi connectivity index (χ1n) is 4.64. The molecule has 0 aromatic carbocycles. The minimum Gasteiger partial charge on any atom is -0.391 e. The second-order valence-electron chi connectivity index (χ2n) is 3.68. The topological polar surface area (TPSA) is 41.5 Å². The van der Waals surface area contributed by atoms with Gasteiger partial charge in [-0.15, -0.1) is 0 Å². The van der Waals surface area contributed by atoms with Gasteiger partial charge in [0.05, 0.1) is 12.7 Å². The molecule has 1 fully saturated rings. The maximum atomic E-state index is 9.58. The largest absolute Gasteiger partial charge is 0.391 e. The maximum absolute atomic E-state index is 9.58. The van der Waals surface area contributed by atoms with Crippen molar-refractivity contribution in [3.8, 4) is 0 Å². The average Bonchev–Trinajstić information content (AvgIpc) is 2.83. The van der Waals surface area contributed by atoms with Gasteiger partial charge in [-0.3, -0.25) is 0 Å². The highest BCUT2D eigenvalue weighted by atomic mass is 16.5. The van der Waals surface area contributed by atoms with Crippen LogP contribution >= 0.6 is 0 Å². The van der Waals surface area contributed by atoms with Gasteiger partial charge >= 0.3 is 0 Å². The third-order valence-corrected chi connectivity index (χ3v) is 2.28. The van der Waals surface area contributed by atoms with Gasteiger partial charge in [0.25, 0.3) is 0 Å². The van der Waals surface area contributed by atoms with Crippen LogP contribution in [-0.2, 0) is 4.74 Å². The molecule has 1 aliphatic rings. The minimum absolute atomic E-state index is 0.223. The van der Waals surface area contributed by atoms with E-state index in [0.717, 1.165) is 0 Å². The van der Waals surface area contributed by atoms with Gasteiger partial charge in [-0.05, 0) is 12.8 Å². The molecular weight excluding hydrogens is 154 g/mol. The molecule has 12 heavy (non-hydrogen) atoms. The van der Waals surface area contributed by atoms with Crippen LogP contribution in [0.3, 0.4) is 0 Å². The number of aliphatic hydroxyl groups excluding tert-OH is 1. The van der Waals surface area contributed by atoms with Crippen molar-refractivity contribution in [2.75, 3.05) is 20.3 Å². The molecule has 2 unspecified atom stereocenters. The van der Waals surface area contributed by atoms with Gasteiger partial charge < -0.3 is 15.2 Å². The molecule has 0 bridgehead atoms. The number of nitrogens with one attached hydrogen (secondary N) is 1. The third kappa shape index (κ3) is 3.52. The number of ether oxygens (including phenoxy) is 1. The zero-order chi connectivity index (χ0) is 8.97. The highest BCUT2D eigenvalue weighted by Crippen LogP contribution is 2.18. The van der Waals surface area contributed by atoms with Crippen molar-refractivity contribution >= 4 is 0 Å². The first kappa shape index (κ1) is 9.96. The summed E-state index contributed by atoms with van der Waals surface area (Å²) in [7, 11) is 1.66. The first-order chi connectivity index (χ1) is 5.74. The van der Waals surface area contributed by atoms with E-state index in [-0.39, 0.29) is 12.0 Å². The monoisotopic (exact) mass is 173 g/mol. The van der Waals surface area contributed by atoms with Gasteiger partial charge in [0.1, 0.15) is 0 Å². The molecule has 3 heteroatoms. The standard InChI is InChI=1S/C9H19NO2/c1-7(6-12-2)9(11)5-10-8-3-4-8/h7-11H,3-6H2,1-2H3. The van der Waals surface area contributed by atoms with Crippen LogP contribution in [0.2, 0.25) is 0 Å². The summed E-state index contributed by atoms with van der Waals surface area (Å²) in [5.74, 6) is 0.223. The smallest absolute Gasteiger partial charge is 0.0712 e. The average molecular weight is 173 g/mol. The molecule has 1 saturated carbocycles. The second-order valence-corrected chi connectivity index (χ2v) is 3.68. The van der Waals surface area contributed by atoms with Crippen LogP contribution in [0.4, 0.5) is 0 Å². The SMILES string of the molecule is COCC(C)C(O)CNC1CC1. The fraction of sp³-hybridized carbons (Fsp3) is 1.00. The van der Waals surface area contributed by atoms with E-state index in [4.69, 9.17) is 4.74 Å². The van der Waals surface area contributed by atoms with E-state index in [1.54, 1.807) is 7.11 Å². The predicted molar refractivity (Wildman–Crippen MR) is 48.1 cm³/mol. The molecule has 1 aliphatic carbocycles. The van der Waals surface area contributed by atoms with Crippen LogP contribution in [0.5, 0.6) is 0 Å². The highest BCUT2D eigenvalue weighted by Gasteiger charge is 2.22. The van der Waals surface area contributed by atoms with E-state index < -0.39 is 0 Å². The van der Waals surface area contributed by atoms with Crippen LogP contribution < -0.4 is 5.32 Å². The van der Waals surface area contributed by atoms with Crippen molar-refractivity contribution < 1.29 is 9.84 Å². The van der Waals surface area contributed by atoms with Gasteiger partial charge in [-0.25, -0.2) is 0 Å². The van der Waals surface area contributed by atoms with E-state index in [1.807, 2.05) is 6.92 Å². The van der Waals surface area contributed by atoms with E-state index in [1.165, 1.54) is 12.8 Å². The fourth-order valence-corrected chi connectivity index (χ4v) is 1.15. The quantitative estimate of drug-likeness (QED) is 0.610. The van der Waals surface area contributed by atoms with E-state index in [9.17, 15) is 5.11 Å². The van der Waals surface area contributed by atoms with Gasteiger partial charge in [0.15, 0.2) is 0 Å². The number of hydrogen-bond donors (Lipinski definition) is 2. The lowest BCUT2D eigenvalue weighted by Crippen LogP contribution is -2.34. The molecule has 0 aromatic rings. The minimum atomic E-state index is -0.273. The van der Waals surface area contributed by atoms with E-state index >= 15 is 0 Å². The van der Waals surface area contributed by atoms with Gasteiger partial charge in [0.2, 0.25) is 0 Å². The van der Waals surface area contributed by atoms with Gasteiger partial charge in [-0.1, -0.05) is 6.92 Å². The second kappa shape index (κ2) is 4.80. The van der Waals surface area contributed by atoms with E-state index in [2.05, 4.69) is 5.32 Å². The maximum Gasteiger partial charge on any atom is 0.0712 e. The zero-order valence-electron chi connectivity index (χ0n) is 7.92. The van der Waals surface area contributed by atoms with Crippen LogP contribution in [0.1, 0.15) is 19.8 Å². The summed E-state index contributed by atoms with van der Waals surface area (Å²) in [5.41, 5.74) is 0. The van der Waals surface area contributed by atoms with Crippen LogP contribution in [-0.4, -0.2) is 37.5 Å². The van der Waals surface area contributed by atoms with E-state index in [0.29, 0.717) is 19.2 Å². The Kier molecular flexibility index (Phi) is 3.98. The number of aliphatic hydroxyl groups is 1. The number of rotatable bonds is 6. The van der Waals surface area contributed by atoms with Crippen molar-refractivity contribution in [2.24, 2.45) is 5.92 Å². The van der Waals surface area contributed by atoms with Crippen molar-refractivity contribution in [3.05, 3.63) is 0 Å². The Hall–Kier alpha value is -0.120. The summed E-state index contributed by atoms with van der Waals surface area (Å²) in [6.45, 7) is 3.34.